The smallest absolute Gasteiger partial charge is 0.407 e. The van der Waals surface area contributed by atoms with Crippen LogP contribution in [0.3, 0.4) is 0 Å². The predicted octanol–water partition coefficient (Wildman–Crippen LogP) is 3.85. The van der Waals surface area contributed by atoms with Crippen LogP contribution in [0.1, 0.15) is 29.9 Å². The van der Waals surface area contributed by atoms with Gasteiger partial charge < -0.3 is 20.1 Å². The standard InChI is InChI=1S/C26H26N2O5S/c29-23(28-22(25(30)31)15-34-24(28)16-11-12-16)10-5-13-27-26(32)33-14-21-19-8-3-1-6-17(19)18-7-2-4-9-20(18)21/h1-10,16,21-22,24H,11-15H2,(H,27,32)(H,30,31)/b10-5+. The lowest BCUT2D eigenvalue weighted by Crippen LogP contribution is -2.45. The molecular weight excluding hydrogens is 452 g/mol. The maximum absolute atomic E-state index is 12.7. The van der Waals surface area contributed by atoms with Crippen LogP contribution in [-0.4, -0.2) is 58.3 Å². The van der Waals surface area contributed by atoms with Crippen LogP contribution in [0.5, 0.6) is 0 Å². The number of hydrogen-bond acceptors (Lipinski definition) is 5. The van der Waals surface area contributed by atoms with E-state index in [0.29, 0.717) is 11.7 Å². The molecule has 2 N–H and O–H groups in total. The Bertz CT molecular complexity index is 1100. The van der Waals surface area contributed by atoms with Gasteiger partial charge in [-0.3, -0.25) is 4.79 Å². The molecule has 1 heterocycles. The molecule has 0 spiro atoms. The first-order chi connectivity index (χ1) is 16.5. The molecule has 2 aromatic carbocycles. The molecular formula is C26H26N2O5S. The van der Waals surface area contributed by atoms with E-state index >= 15 is 0 Å². The highest BCUT2D eigenvalue weighted by atomic mass is 32.2. The Kier molecular flexibility index (Phi) is 6.32. The zero-order valence-corrected chi connectivity index (χ0v) is 19.4. The van der Waals surface area contributed by atoms with Gasteiger partial charge in [-0.05, 0) is 41.0 Å². The van der Waals surface area contributed by atoms with E-state index in [1.807, 2.05) is 24.3 Å². The number of rotatable bonds is 7. The number of carboxylic acid groups (broad SMARTS) is 1. The number of alkyl carbamates (subject to hydrolysis) is 1. The minimum atomic E-state index is -0.978. The highest BCUT2D eigenvalue weighted by Gasteiger charge is 2.47. The van der Waals surface area contributed by atoms with Crippen molar-refractivity contribution >= 4 is 29.7 Å². The molecule has 2 unspecified atom stereocenters. The number of fused-ring (bicyclic) bond motifs is 3. The fourth-order valence-corrected chi connectivity index (χ4v) is 6.42. The summed E-state index contributed by atoms with van der Waals surface area (Å²) < 4.78 is 5.49. The Morgan fingerprint density at radius 3 is 2.32 bits per heavy atom. The van der Waals surface area contributed by atoms with Gasteiger partial charge in [-0.15, -0.1) is 11.8 Å². The fourth-order valence-electron chi connectivity index (χ4n) is 4.78. The van der Waals surface area contributed by atoms with Gasteiger partial charge in [0.2, 0.25) is 5.91 Å². The van der Waals surface area contributed by atoms with Gasteiger partial charge in [0.05, 0.1) is 5.37 Å². The number of amides is 2. The van der Waals surface area contributed by atoms with Crippen molar-refractivity contribution in [1.29, 1.82) is 0 Å². The molecule has 2 aliphatic carbocycles. The van der Waals surface area contributed by atoms with Crippen LogP contribution in [0, 0.1) is 5.92 Å². The third-order valence-corrected chi connectivity index (χ3v) is 8.03. The van der Waals surface area contributed by atoms with E-state index in [1.54, 1.807) is 0 Å². The number of aliphatic carboxylic acids is 1. The van der Waals surface area contributed by atoms with Crippen molar-refractivity contribution in [1.82, 2.24) is 10.2 Å². The molecule has 2 aromatic rings. The predicted molar refractivity (Wildman–Crippen MR) is 129 cm³/mol. The van der Waals surface area contributed by atoms with Gasteiger partial charge in [-0.1, -0.05) is 54.6 Å². The van der Waals surface area contributed by atoms with Gasteiger partial charge in [-0.2, -0.15) is 0 Å². The second-order valence-corrected chi connectivity index (χ2v) is 9.92. The number of benzene rings is 2. The Labute approximate surface area is 202 Å². The first-order valence-electron chi connectivity index (χ1n) is 11.5. The second-order valence-electron chi connectivity index (χ2n) is 8.77. The van der Waals surface area contributed by atoms with Crippen LogP contribution < -0.4 is 5.32 Å². The minimum Gasteiger partial charge on any atom is -0.480 e. The molecule has 5 rings (SSSR count). The lowest BCUT2D eigenvalue weighted by atomic mass is 9.98. The molecule has 34 heavy (non-hydrogen) atoms. The highest BCUT2D eigenvalue weighted by Crippen LogP contribution is 2.46. The Balaban J connectivity index is 1.14. The molecule has 2 amide bonds. The second kappa shape index (κ2) is 9.54. The Morgan fingerprint density at radius 1 is 1.06 bits per heavy atom. The number of thioether (sulfide) groups is 1. The minimum absolute atomic E-state index is 0.0183. The molecule has 0 bridgehead atoms. The van der Waals surface area contributed by atoms with E-state index < -0.39 is 18.1 Å². The zero-order valence-electron chi connectivity index (χ0n) is 18.6. The number of nitrogens with one attached hydrogen (secondary N) is 1. The largest absolute Gasteiger partial charge is 0.480 e. The van der Waals surface area contributed by atoms with E-state index in [9.17, 15) is 19.5 Å². The number of carbonyl (C=O) groups excluding carboxylic acids is 2. The van der Waals surface area contributed by atoms with Gasteiger partial charge in [0, 0.05) is 24.3 Å². The van der Waals surface area contributed by atoms with Crippen molar-refractivity contribution < 1.29 is 24.2 Å². The maximum atomic E-state index is 12.7. The Morgan fingerprint density at radius 2 is 1.71 bits per heavy atom. The van der Waals surface area contributed by atoms with Gasteiger partial charge >= 0.3 is 12.1 Å². The average Bonchev–Trinajstić information content (AvgIpc) is 3.50. The monoisotopic (exact) mass is 478 g/mol. The first kappa shape index (κ1) is 22.5. The summed E-state index contributed by atoms with van der Waals surface area (Å²) in [6.45, 7) is 0.339. The lowest BCUT2D eigenvalue weighted by Gasteiger charge is -2.26. The molecule has 2 atom stereocenters. The van der Waals surface area contributed by atoms with Crippen molar-refractivity contribution in [3.05, 3.63) is 71.8 Å². The molecule has 8 heteroatoms. The van der Waals surface area contributed by atoms with Crippen molar-refractivity contribution in [2.45, 2.75) is 30.2 Å². The van der Waals surface area contributed by atoms with E-state index in [4.69, 9.17) is 4.74 Å². The SMILES string of the molecule is O=C(NC/C=C/C(=O)N1C(C(=O)O)CSC1C1CC1)OCC1c2ccccc2-c2ccccc21. The van der Waals surface area contributed by atoms with Gasteiger partial charge in [0.1, 0.15) is 12.6 Å². The topological polar surface area (TPSA) is 95.9 Å². The molecule has 1 saturated carbocycles. The average molecular weight is 479 g/mol. The maximum Gasteiger partial charge on any atom is 0.407 e. The number of carboxylic acids is 1. The van der Waals surface area contributed by atoms with E-state index in [0.717, 1.165) is 35.1 Å². The van der Waals surface area contributed by atoms with Crippen LogP contribution in [0.15, 0.2) is 60.7 Å². The molecule has 7 nitrogen and oxygen atoms in total. The van der Waals surface area contributed by atoms with Crippen LogP contribution in [0.2, 0.25) is 0 Å². The van der Waals surface area contributed by atoms with Crippen LogP contribution in [-0.2, 0) is 14.3 Å². The molecule has 1 aliphatic heterocycles. The summed E-state index contributed by atoms with van der Waals surface area (Å²) in [7, 11) is 0. The third-order valence-electron chi connectivity index (χ3n) is 6.57. The Hall–Kier alpha value is -3.26. The zero-order chi connectivity index (χ0) is 23.7. The van der Waals surface area contributed by atoms with E-state index in [-0.39, 0.29) is 30.4 Å². The molecule has 1 saturated heterocycles. The van der Waals surface area contributed by atoms with Crippen LogP contribution in [0.25, 0.3) is 11.1 Å². The summed E-state index contributed by atoms with van der Waals surface area (Å²) in [6, 6.07) is 15.5. The first-order valence-corrected chi connectivity index (χ1v) is 12.5. The van der Waals surface area contributed by atoms with Crippen LogP contribution in [0.4, 0.5) is 4.79 Å². The van der Waals surface area contributed by atoms with E-state index in [1.165, 1.54) is 28.8 Å². The van der Waals surface area contributed by atoms with Crippen LogP contribution >= 0.6 is 11.8 Å². The van der Waals surface area contributed by atoms with Gasteiger partial charge in [0.25, 0.3) is 0 Å². The molecule has 2 fully saturated rings. The molecule has 0 aromatic heterocycles. The summed E-state index contributed by atoms with van der Waals surface area (Å²) in [4.78, 5) is 38.0. The number of ether oxygens (including phenoxy) is 1. The fraction of sp³-hybridized carbons (Fsp3) is 0.346. The van der Waals surface area contributed by atoms with Crippen molar-refractivity contribution in [3.8, 4) is 11.1 Å². The van der Waals surface area contributed by atoms with Crippen molar-refractivity contribution in [2.24, 2.45) is 5.92 Å². The van der Waals surface area contributed by atoms with Crippen molar-refractivity contribution in [2.75, 3.05) is 18.9 Å². The van der Waals surface area contributed by atoms with Gasteiger partial charge in [-0.25, -0.2) is 9.59 Å². The molecule has 0 radical (unpaired) electrons. The van der Waals surface area contributed by atoms with E-state index in [2.05, 4.69) is 29.6 Å². The summed E-state index contributed by atoms with van der Waals surface area (Å²) in [6.07, 6.45) is 4.38. The normalized spacial score (nSPS) is 21.4. The summed E-state index contributed by atoms with van der Waals surface area (Å²) >= 11 is 1.54. The number of nitrogens with zero attached hydrogens (tertiary/aromatic N) is 1. The third kappa shape index (κ3) is 4.42. The summed E-state index contributed by atoms with van der Waals surface area (Å²) in [5, 5.41) is 12.0. The van der Waals surface area contributed by atoms with Crippen molar-refractivity contribution in [3.63, 3.8) is 0 Å². The highest BCUT2D eigenvalue weighted by molar-refractivity contribution is 8.00. The lowest BCUT2D eigenvalue weighted by molar-refractivity contribution is -0.147. The van der Waals surface area contributed by atoms with Gasteiger partial charge in [0.15, 0.2) is 0 Å². The molecule has 176 valence electrons. The summed E-state index contributed by atoms with van der Waals surface area (Å²) in [5.41, 5.74) is 4.61. The quantitative estimate of drug-likeness (QED) is 0.587. The summed E-state index contributed by atoms with van der Waals surface area (Å²) in [5.74, 6) is -0.535. The number of hydrogen-bond donors (Lipinski definition) is 2. The molecule has 3 aliphatic rings. The number of carbonyl (C=O) groups is 3.